The summed E-state index contributed by atoms with van der Waals surface area (Å²) in [5, 5.41) is 32.7. The van der Waals surface area contributed by atoms with Crippen LogP contribution >= 0.6 is 0 Å². The number of hydrogen-bond donors (Lipinski definition) is 4. The van der Waals surface area contributed by atoms with Crippen LogP contribution in [0.15, 0.2) is 48.6 Å². The van der Waals surface area contributed by atoms with Gasteiger partial charge in [-0.15, -0.1) is 0 Å². The molecular weight excluding hydrogens is 462 g/mol. The number of nitrogens with one attached hydrogen (secondary N) is 1. The molecule has 0 aliphatic carbocycles. The Balaban J connectivity index is 3.92. The Morgan fingerprint density at radius 2 is 1.24 bits per heavy atom. The second-order valence-corrected chi connectivity index (χ2v) is 10.0. The van der Waals surface area contributed by atoms with Gasteiger partial charge in [-0.3, -0.25) is 4.79 Å². The molecule has 4 N–H and O–H groups in total. The molecule has 37 heavy (non-hydrogen) atoms. The zero-order chi connectivity index (χ0) is 27.4. The van der Waals surface area contributed by atoms with E-state index in [1.165, 1.54) is 38.5 Å². The van der Waals surface area contributed by atoms with E-state index in [0.717, 1.165) is 57.8 Å². The summed E-state index contributed by atoms with van der Waals surface area (Å²) in [6, 6.07) is -0.764. The molecule has 0 aliphatic rings. The van der Waals surface area contributed by atoms with Gasteiger partial charge in [-0.1, -0.05) is 107 Å². The molecule has 0 aromatic heterocycles. The SMILES string of the molecule is CCCCC/C=C\C=C/CCCCCCC(O)CC(=O)NC(CO)C(O)/C=C/CC/C=C/CCCCC. The second kappa shape index (κ2) is 27.3. The third kappa shape index (κ3) is 24.4. The van der Waals surface area contributed by atoms with Crippen LogP contribution in [0.3, 0.4) is 0 Å². The molecular formula is C32H57NO4. The van der Waals surface area contributed by atoms with Crippen molar-refractivity contribution in [3.8, 4) is 0 Å². The largest absolute Gasteiger partial charge is 0.394 e. The Morgan fingerprint density at radius 1 is 0.703 bits per heavy atom. The maximum atomic E-state index is 12.2. The van der Waals surface area contributed by atoms with Crippen molar-refractivity contribution in [2.75, 3.05) is 6.61 Å². The van der Waals surface area contributed by atoms with E-state index in [2.05, 4.69) is 55.6 Å². The minimum absolute atomic E-state index is 0.0108. The van der Waals surface area contributed by atoms with Crippen molar-refractivity contribution < 1.29 is 20.1 Å². The lowest BCUT2D eigenvalue weighted by Crippen LogP contribution is -2.45. The lowest BCUT2D eigenvalue weighted by Gasteiger charge is -2.20. The highest BCUT2D eigenvalue weighted by Gasteiger charge is 2.19. The summed E-state index contributed by atoms with van der Waals surface area (Å²) in [6.07, 6.45) is 32.3. The minimum atomic E-state index is -0.953. The van der Waals surface area contributed by atoms with Crippen LogP contribution in [0.4, 0.5) is 0 Å². The Bertz CT molecular complexity index is 626. The molecule has 5 nitrogen and oxygen atoms in total. The molecule has 214 valence electrons. The van der Waals surface area contributed by atoms with Gasteiger partial charge >= 0.3 is 0 Å². The topological polar surface area (TPSA) is 89.8 Å². The highest BCUT2D eigenvalue weighted by molar-refractivity contribution is 5.76. The standard InChI is InChI=1S/C32H57NO4/c1-3-5-7-9-11-13-14-15-16-18-19-21-23-25-29(35)27-32(37)33-30(28-34)31(36)26-24-22-20-17-12-10-8-6-4-2/h11-15,17,24,26,29-31,34-36H,3-10,16,18-23,25,27-28H2,1-2H3,(H,33,37)/b13-11-,15-14-,17-12+,26-24+. The Labute approximate surface area is 227 Å². The quantitative estimate of drug-likeness (QED) is 0.0589. The van der Waals surface area contributed by atoms with Gasteiger partial charge in [-0.05, 0) is 57.8 Å². The first-order valence-corrected chi connectivity index (χ1v) is 14.9. The predicted molar refractivity (Wildman–Crippen MR) is 157 cm³/mol. The summed E-state index contributed by atoms with van der Waals surface area (Å²) >= 11 is 0. The van der Waals surface area contributed by atoms with Crippen LogP contribution < -0.4 is 5.32 Å². The van der Waals surface area contributed by atoms with Crippen LogP contribution in [-0.4, -0.2) is 46.1 Å². The maximum Gasteiger partial charge on any atom is 0.222 e. The number of hydrogen-bond acceptors (Lipinski definition) is 4. The number of rotatable bonds is 25. The molecule has 3 atom stereocenters. The molecule has 0 rings (SSSR count). The van der Waals surface area contributed by atoms with Gasteiger partial charge in [0, 0.05) is 0 Å². The zero-order valence-corrected chi connectivity index (χ0v) is 23.8. The van der Waals surface area contributed by atoms with Gasteiger partial charge in [0.15, 0.2) is 0 Å². The van der Waals surface area contributed by atoms with E-state index in [-0.39, 0.29) is 18.9 Å². The van der Waals surface area contributed by atoms with Gasteiger partial charge in [-0.2, -0.15) is 0 Å². The van der Waals surface area contributed by atoms with Crippen LogP contribution in [0.1, 0.15) is 123 Å². The fourth-order valence-corrected chi connectivity index (χ4v) is 3.99. The highest BCUT2D eigenvalue weighted by Crippen LogP contribution is 2.10. The summed E-state index contributed by atoms with van der Waals surface area (Å²) < 4.78 is 0. The fourth-order valence-electron chi connectivity index (χ4n) is 3.99. The van der Waals surface area contributed by atoms with E-state index < -0.39 is 18.2 Å². The van der Waals surface area contributed by atoms with E-state index in [4.69, 9.17) is 0 Å². The smallest absolute Gasteiger partial charge is 0.222 e. The minimum Gasteiger partial charge on any atom is -0.394 e. The van der Waals surface area contributed by atoms with E-state index >= 15 is 0 Å². The maximum absolute atomic E-state index is 12.2. The number of carbonyl (C=O) groups excluding carboxylic acids is 1. The van der Waals surface area contributed by atoms with Gasteiger partial charge in [0.1, 0.15) is 0 Å². The summed E-state index contributed by atoms with van der Waals surface area (Å²) in [7, 11) is 0. The number of carbonyl (C=O) groups is 1. The van der Waals surface area contributed by atoms with Crippen molar-refractivity contribution in [3.63, 3.8) is 0 Å². The molecule has 5 heteroatoms. The number of aliphatic hydroxyl groups is 3. The van der Waals surface area contributed by atoms with Crippen LogP contribution in [0.2, 0.25) is 0 Å². The lowest BCUT2D eigenvalue weighted by atomic mass is 10.0. The van der Waals surface area contributed by atoms with Crippen molar-refractivity contribution >= 4 is 5.91 Å². The summed E-state index contributed by atoms with van der Waals surface area (Å²) in [6.45, 7) is 4.06. The van der Waals surface area contributed by atoms with Crippen LogP contribution in [0, 0.1) is 0 Å². The van der Waals surface area contributed by atoms with Crippen molar-refractivity contribution in [2.24, 2.45) is 0 Å². The fraction of sp³-hybridized carbons (Fsp3) is 0.719. The molecule has 0 fully saturated rings. The van der Waals surface area contributed by atoms with Crippen molar-refractivity contribution in [1.82, 2.24) is 5.32 Å². The highest BCUT2D eigenvalue weighted by atomic mass is 16.3. The van der Waals surface area contributed by atoms with E-state index in [9.17, 15) is 20.1 Å². The summed E-state index contributed by atoms with van der Waals surface area (Å²) in [5.74, 6) is -0.345. The molecule has 3 unspecified atom stereocenters. The van der Waals surface area contributed by atoms with Gasteiger partial charge < -0.3 is 20.6 Å². The molecule has 0 aromatic rings. The number of aliphatic hydroxyl groups excluding tert-OH is 3. The van der Waals surface area contributed by atoms with Crippen LogP contribution in [0.5, 0.6) is 0 Å². The van der Waals surface area contributed by atoms with Gasteiger partial charge in [0.05, 0.1) is 31.3 Å². The molecule has 0 bridgehead atoms. The third-order valence-electron chi connectivity index (χ3n) is 6.37. The average Bonchev–Trinajstić information content (AvgIpc) is 2.88. The predicted octanol–water partition coefficient (Wildman–Crippen LogP) is 7.08. The van der Waals surface area contributed by atoms with Crippen molar-refractivity contribution in [3.05, 3.63) is 48.6 Å². The van der Waals surface area contributed by atoms with E-state index in [1.54, 1.807) is 6.08 Å². The molecule has 0 radical (unpaired) electrons. The molecule has 0 aliphatic heterocycles. The third-order valence-corrected chi connectivity index (χ3v) is 6.37. The number of unbranched alkanes of at least 4 members (excludes halogenated alkanes) is 11. The number of amides is 1. The molecule has 0 spiro atoms. The Kier molecular flexibility index (Phi) is 26.1. The van der Waals surface area contributed by atoms with Gasteiger partial charge in [0.25, 0.3) is 0 Å². The average molecular weight is 520 g/mol. The first kappa shape index (κ1) is 35.3. The van der Waals surface area contributed by atoms with E-state index in [1.807, 2.05) is 6.08 Å². The summed E-state index contributed by atoms with van der Waals surface area (Å²) in [5.41, 5.74) is 0. The van der Waals surface area contributed by atoms with Crippen LogP contribution in [-0.2, 0) is 4.79 Å². The zero-order valence-electron chi connectivity index (χ0n) is 23.8. The Hall–Kier alpha value is -1.69. The first-order chi connectivity index (χ1) is 18.0. The molecule has 0 saturated heterocycles. The molecule has 0 saturated carbocycles. The molecule has 0 aromatic carbocycles. The van der Waals surface area contributed by atoms with Crippen molar-refractivity contribution in [2.45, 2.75) is 141 Å². The van der Waals surface area contributed by atoms with Gasteiger partial charge in [-0.25, -0.2) is 0 Å². The monoisotopic (exact) mass is 519 g/mol. The number of allylic oxidation sites excluding steroid dienone is 7. The second-order valence-electron chi connectivity index (χ2n) is 10.0. The van der Waals surface area contributed by atoms with Gasteiger partial charge in [0.2, 0.25) is 5.91 Å². The molecule has 1 amide bonds. The van der Waals surface area contributed by atoms with Crippen molar-refractivity contribution in [1.29, 1.82) is 0 Å². The molecule has 0 heterocycles. The normalized spacial score (nSPS) is 14.8. The summed E-state index contributed by atoms with van der Waals surface area (Å²) in [4.78, 5) is 12.2. The van der Waals surface area contributed by atoms with Crippen LogP contribution in [0.25, 0.3) is 0 Å². The lowest BCUT2D eigenvalue weighted by molar-refractivity contribution is -0.124. The van der Waals surface area contributed by atoms with E-state index in [0.29, 0.717) is 6.42 Å². The first-order valence-electron chi connectivity index (χ1n) is 14.9. The Morgan fingerprint density at radius 3 is 1.86 bits per heavy atom.